The summed E-state index contributed by atoms with van der Waals surface area (Å²) < 4.78 is 36.0. The second kappa shape index (κ2) is 10.4. The zero-order chi connectivity index (χ0) is 26.9. The van der Waals surface area contributed by atoms with Crippen molar-refractivity contribution >= 4 is 21.7 Å². The van der Waals surface area contributed by atoms with Crippen molar-refractivity contribution in [2.45, 2.75) is 18.7 Å². The second-order valence-corrected chi connectivity index (χ2v) is 11.2. The van der Waals surface area contributed by atoms with E-state index in [-0.39, 0.29) is 16.7 Å². The van der Waals surface area contributed by atoms with Crippen LogP contribution in [0.4, 0.5) is 11.6 Å². The van der Waals surface area contributed by atoms with Crippen LogP contribution >= 0.6 is 0 Å². The van der Waals surface area contributed by atoms with E-state index in [0.29, 0.717) is 11.4 Å². The molecule has 198 valence electrons. The summed E-state index contributed by atoms with van der Waals surface area (Å²) in [6.45, 7) is 7.98. The SMILES string of the molecule is Cc1cccc(C)c1-c1cc(Oc2ccc(N3CCN(C)CC3)cc2)nc(NS(=O)(=O)c2cnn(C)c2)n1. The molecule has 0 radical (unpaired) electrons. The van der Waals surface area contributed by atoms with Crippen LogP contribution in [0.25, 0.3) is 11.3 Å². The summed E-state index contributed by atoms with van der Waals surface area (Å²) in [6.07, 6.45) is 2.69. The van der Waals surface area contributed by atoms with Crippen molar-refractivity contribution < 1.29 is 13.2 Å². The van der Waals surface area contributed by atoms with Crippen molar-refractivity contribution in [1.29, 1.82) is 0 Å². The molecule has 5 rings (SSSR count). The highest BCUT2D eigenvalue weighted by atomic mass is 32.2. The molecule has 1 aliphatic heterocycles. The number of rotatable bonds is 7. The summed E-state index contributed by atoms with van der Waals surface area (Å²) in [5.74, 6) is 0.738. The van der Waals surface area contributed by atoms with Gasteiger partial charge < -0.3 is 14.5 Å². The van der Waals surface area contributed by atoms with Crippen molar-refractivity contribution in [3.8, 4) is 22.9 Å². The smallest absolute Gasteiger partial charge is 0.267 e. The van der Waals surface area contributed by atoms with E-state index in [1.165, 1.54) is 17.1 Å². The van der Waals surface area contributed by atoms with E-state index in [9.17, 15) is 8.42 Å². The fraction of sp³-hybridized carbons (Fsp3) is 0.296. The lowest BCUT2D eigenvalue weighted by molar-refractivity contribution is 0.313. The summed E-state index contributed by atoms with van der Waals surface area (Å²) in [6, 6.07) is 15.5. The zero-order valence-corrected chi connectivity index (χ0v) is 22.7. The number of benzene rings is 2. The molecular formula is C27H31N7O3S. The van der Waals surface area contributed by atoms with E-state index in [1.807, 2.05) is 56.3 Å². The van der Waals surface area contributed by atoms with Gasteiger partial charge in [-0.15, -0.1) is 0 Å². The standard InChI is InChI=1S/C27H31N7O3S/c1-19-6-5-7-20(2)26(19)24-16-25(30-27(29-24)31-38(35,36)23-17-28-33(4)18-23)37-22-10-8-21(9-11-22)34-14-12-32(3)13-15-34/h5-11,16-18H,12-15H2,1-4H3,(H,29,30,31). The van der Waals surface area contributed by atoms with Crippen LogP contribution in [0, 0.1) is 13.8 Å². The summed E-state index contributed by atoms with van der Waals surface area (Å²) in [5, 5.41) is 3.96. The van der Waals surface area contributed by atoms with Gasteiger partial charge in [0.1, 0.15) is 10.6 Å². The maximum absolute atomic E-state index is 13.0. The number of piperazine rings is 1. The van der Waals surface area contributed by atoms with Gasteiger partial charge in [-0.1, -0.05) is 18.2 Å². The van der Waals surface area contributed by atoms with Crippen molar-refractivity contribution in [2.24, 2.45) is 7.05 Å². The number of hydrogen-bond donors (Lipinski definition) is 1. The molecule has 1 saturated heterocycles. The van der Waals surface area contributed by atoms with E-state index < -0.39 is 10.0 Å². The van der Waals surface area contributed by atoms with E-state index in [4.69, 9.17) is 4.74 Å². The summed E-state index contributed by atoms with van der Waals surface area (Å²) >= 11 is 0. The van der Waals surface area contributed by atoms with Gasteiger partial charge in [-0.05, 0) is 56.3 Å². The van der Waals surface area contributed by atoms with Gasteiger partial charge >= 0.3 is 0 Å². The fourth-order valence-electron chi connectivity index (χ4n) is 4.50. The van der Waals surface area contributed by atoms with Gasteiger partial charge in [-0.3, -0.25) is 4.68 Å². The monoisotopic (exact) mass is 533 g/mol. The summed E-state index contributed by atoms with van der Waals surface area (Å²) in [7, 11) is -0.163. The summed E-state index contributed by atoms with van der Waals surface area (Å²) in [5.41, 5.74) is 4.60. The average Bonchev–Trinajstić information content (AvgIpc) is 3.32. The van der Waals surface area contributed by atoms with E-state index in [0.717, 1.165) is 48.6 Å². The Labute approximate surface area is 223 Å². The first-order valence-corrected chi connectivity index (χ1v) is 13.8. The Kier molecular flexibility index (Phi) is 7.04. The van der Waals surface area contributed by atoms with Gasteiger partial charge in [0.05, 0.1) is 11.9 Å². The maximum atomic E-state index is 13.0. The largest absolute Gasteiger partial charge is 0.439 e. The molecule has 1 N–H and O–H groups in total. The summed E-state index contributed by atoms with van der Waals surface area (Å²) in [4.78, 5) is 13.6. The zero-order valence-electron chi connectivity index (χ0n) is 21.9. The average molecular weight is 534 g/mol. The number of nitrogens with zero attached hydrogens (tertiary/aromatic N) is 6. The molecule has 0 unspecified atom stereocenters. The van der Waals surface area contributed by atoms with Crippen LogP contribution in [-0.4, -0.2) is 66.3 Å². The first-order valence-electron chi connectivity index (χ1n) is 12.4. The molecular weight excluding hydrogens is 502 g/mol. The van der Waals surface area contributed by atoms with Crippen molar-refractivity contribution in [1.82, 2.24) is 24.6 Å². The lowest BCUT2D eigenvalue weighted by Crippen LogP contribution is -2.44. The van der Waals surface area contributed by atoms with Gasteiger partial charge in [0.2, 0.25) is 11.8 Å². The van der Waals surface area contributed by atoms with Gasteiger partial charge in [-0.2, -0.15) is 10.1 Å². The lowest BCUT2D eigenvalue weighted by Gasteiger charge is -2.34. The van der Waals surface area contributed by atoms with E-state index >= 15 is 0 Å². The van der Waals surface area contributed by atoms with Crippen LogP contribution in [0.2, 0.25) is 0 Å². The van der Waals surface area contributed by atoms with Crippen molar-refractivity contribution in [3.05, 3.63) is 72.1 Å². The topological polar surface area (TPSA) is 105 Å². The minimum absolute atomic E-state index is 0.0167. The minimum atomic E-state index is -3.95. The van der Waals surface area contributed by atoms with E-state index in [1.54, 1.807) is 13.1 Å². The van der Waals surface area contributed by atoms with Crippen LogP contribution in [0.1, 0.15) is 11.1 Å². The highest BCUT2D eigenvalue weighted by Crippen LogP contribution is 2.31. The fourth-order valence-corrected chi connectivity index (χ4v) is 5.42. The number of hydrogen-bond acceptors (Lipinski definition) is 8. The predicted molar refractivity (Wildman–Crippen MR) is 147 cm³/mol. The number of likely N-dealkylation sites (N-methyl/N-ethyl adjacent to an activating group) is 1. The van der Waals surface area contributed by atoms with Gasteiger partial charge in [0.15, 0.2) is 0 Å². The molecule has 0 atom stereocenters. The highest BCUT2D eigenvalue weighted by molar-refractivity contribution is 7.92. The minimum Gasteiger partial charge on any atom is -0.439 e. The number of aryl methyl sites for hydroxylation is 3. The number of nitrogens with one attached hydrogen (secondary N) is 1. The number of sulfonamides is 1. The molecule has 0 spiro atoms. The molecule has 10 nitrogen and oxygen atoms in total. The van der Waals surface area contributed by atoms with E-state index in [2.05, 4.69) is 36.6 Å². The van der Waals surface area contributed by atoms with Crippen molar-refractivity contribution in [2.75, 3.05) is 42.8 Å². The third-order valence-electron chi connectivity index (χ3n) is 6.58. The molecule has 2 aromatic heterocycles. The Bertz CT molecular complexity index is 1520. The van der Waals surface area contributed by atoms with Crippen LogP contribution in [0.15, 0.2) is 65.8 Å². The predicted octanol–water partition coefficient (Wildman–Crippen LogP) is 3.84. The molecule has 1 aliphatic rings. The number of anilines is 2. The first kappa shape index (κ1) is 25.7. The molecule has 0 amide bonds. The molecule has 1 fully saturated rings. The second-order valence-electron chi connectivity index (χ2n) is 9.52. The lowest BCUT2D eigenvalue weighted by atomic mass is 10.00. The Morgan fingerprint density at radius 1 is 0.921 bits per heavy atom. The number of aromatic nitrogens is 4. The Balaban J connectivity index is 1.47. The Morgan fingerprint density at radius 3 is 2.24 bits per heavy atom. The third-order valence-corrected chi connectivity index (χ3v) is 7.87. The Hall–Kier alpha value is -3.96. The Morgan fingerprint density at radius 2 is 1.61 bits per heavy atom. The van der Waals surface area contributed by atoms with Crippen molar-refractivity contribution in [3.63, 3.8) is 0 Å². The van der Waals surface area contributed by atoms with Crippen LogP contribution in [-0.2, 0) is 17.1 Å². The molecule has 0 bridgehead atoms. The van der Waals surface area contributed by atoms with Crippen LogP contribution in [0.3, 0.4) is 0 Å². The quantitative estimate of drug-likeness (QED) is 0.382. The first-order chi connectivity index (χ1) is 18.2. The molecule has 11 heteroatoms. The van der Waals surface area contributed by atoms with Crippen LogP contribution in [0.5, 0.6) is 11.6 Å². The normalized spacial score (nSPS) is 14.5. The van der Waals surface area contributed by atoms with Gasteiger partial charge in [0, 0.05) is 56.7 Å². The van der Waals surface area contributed by atoms with Gasteiger partial charge in [-0.25, -0.2) is 18.1 Å². The molecule has 2 aromatic carbocycles. The maximum Gasteiger partial charge on any atom is 0.267 e. The van der Waals surface area contributed by atoms with Gasteiger partial charge in [0.25, 0.3) is 10.0 Å². The molecule has 3 heterocycles. The third kappa shape index (κ3) is 5.63. The number of ether oxygens (including phenoxy) is 1. The highest BCUT2D eigenvalue weighted by Gasteiger charge is 2.20. The van der Waals surface area contributed by atoms with Crippen LogP contribution < -0.4 is 14.4 Å². The molecule has 0 aliphatic carbocycles. The molecule has 0 saturated carbocycles. The molecule has 4 aromatic rings. The molecule has 38 heavy (non-hydrogen) atoms.